The third-order valence-corrected chi connectivity index (χ3v) is 4.69. The molecular weight excluding hydrogens is 310 g/mol. The smallest absolute Gasteiger partial charge is 0.238 e. The van der Waals surface area contributed by atoms with Crippen LogP contribution >= 0.6 is 0 Å². The first-order valence-corrected chi connectivity index (χ1v) is 9.18. The van der Waals surface area contributed by atoms with Crippen molar-refractivity contribution in [2.24, 2.45) is 5.14 Å². The first-order chi connectivity index (χ1) is 10.8. The average molecular weight is 333 g/mol. The van der Waals surface area contributed by atoms with Gasteiger partial charge in [0.25, 0.3) is 0 Å². The van der Waals surface area contributed by atoms with Gasteiger partial charge in [0.1, 0.15) is 0 Å². The minimum Gasteiger partial charge on any atom is -0.374 e. The predicted molar refractivity (Wildman–Crippen MR) is 94.0 cm³/mol. The number of benzene rings is 1. The van der Waals surface area contributed by atoms with Gasteiger partial charge in [-0.1, -0.05) is 13.3 Å². The molecule has 23 heavy (non-hydrogen) atoms. The van der Waals surface area contributed by atoms with E-state index in [9.17, 15) is 8.42 Å². The third-order valence-electron chi connectivity index (χ3n) is 3.76. The lowest BCUT2D eigenvalue weighted by Gasteiger charge is -2.25. The summed E-state index contributed by atoms with van der Waals surface area (Å²) in [7, 11) is -1.85. The maximum atomic E-state index is 12.1. The second kappa shape index (κ2) is 7.10. The summed E-state index contributed by atoms with van der Waals surface area (Å²) >= 11 is 0. The Morgan fingerprint density at radius 1 is 1.22 bits per heavy atom. The summed E-state index contributed by atoms with van der Waals surface area (Å²) in [6.45, 7) is 4.86. The molecule has 0 aliphatic rings. The fourth-order valence-electron chi connectivity index (χ4n) is 2.58. The van der Waals surface area contributed by atoms with Crippen LogP contribution in [0.5, 0.6) is 0 Å². The van der Waals surface area contributed by atoms with E-state index >= 15 is 0 Å². The van der Waals surface area contributed by atoms with Crippen molar-refractivity contribution in [3.05, 3.63) is 42.2 Å². The van der Waals surface area contributed by atoms with Crippen LogP contribution in [0.2, 0.25) is 0 Å². The zero-order valence-corrected chi connectivity index (χ0v) is 14.6. The third kappa shape index (κ3) is 4.09. The molecule has 0 radical (unpaired) electrons. The van der Waals surface area contributed by atoms with Gasteiger partial charge in [0.2, 0.25) is 10.0 Å². The number of aryl methyl sites for hydroxylation is 1. The Labute approximate surface area is 138 Å². The number of anilines is 1. The molecule has 124 valence electrons. The molecule has 1 aromatic heterocycles. The summed E-state index contributed by atoms with van der Waals surface area (Å²) in [5, 5.41) is 5.47. The fourth-order valence-corrected chi connectivity index (χ4v) is 3.44. The summed E-state index contributed by atoms with van der Waals surface area (Å²) in [6, 6.07) is 7.23. The van der Waals surface area contributed by atoms with Crippen LogP contribution in [0, 0.1) is 6.92 Å². The Kier molecular flexibility index (Phi) is 5.38. The average Bonchev–Trinajstić information content (AvgIpc) is 2.51. The quantitative estimate of drug-likeness (QED) is 0.882. The number of pyridine rings is 1. The standard InChI is InChI=1S/C17H23N3O2S/c1-4-5-10-20(3)15-11-13(2)12-16(23(18,21)22)17(15)14-6-8-19-9-7-14/h6-9,11-12H,4-5,10H2,1-3H3,(H2,18,21,22). The van der Waals surface area contributed by atoms with Crippen LogP contribution in [-0.2, 0) is 10.0 Å². The normalized spacial score (nSPS) is 11.5. The van der Waals surface area contributed by atoms with Crippen molar-refractivity contribution in [1.82, 2.24) is 4.98 Å². The molecule has 0 unspecified atom stereocenters. The largest absolute Gasteiger partial charge is 0.374 e. The molecule has 0 atom stereocenters. The number of nitrogens with two attached hydrogens (primary N) is 1. The van der Waals surface area contributed by atoms with E-state index in [0.29, 0.717) is 5.56 Å². The van der Waals surface area contributed by atoms with Crippen molar-refractivity contribution in [3.63, 3.8) is 0 Å². The zero-order valence-electron chi connectivity index (χ0n) is 13.8. The Bertz CT molecular complexity index is 774. The van der Waals surface area contributed by atoms with Gasteiger partial charge in [-0.25, -0.2) is 13.6 Å². The van der Waals surface area contributed by atoms with Gasteiger partial charge in [-0.2, -0.15) is 0 Å². The van der Waals surface area contributed by atoms with Gasteiger partial charge < -0.3 is 4.90 Å². The summed E-state index contributed by atoms with van der Waals surface area (Å²) < 4.78 is 24.2. The number of sulfonamides is 1. The molecule has 0 bridgehead atoms. The number of hydrogen-bond acceptors (Lipinski definition) is 4. The summed E-state index contributed by atoms with van der Waals surface area (Å²) in [5.41, 5.74) is 3.17. The van der Waals surface area contributed by atoms with Crippen LogP contribution in [-0.4, -0.2) is 27.0 Å². The molecule has 2 rings (SSSR count). The van der Waals surface area contributed by atoms with Crippen LogP contribution in [0.15, 0.2) is 41.6 Å². The number of unbranched alkanes of at least 4 members (excludes halogenated alkanes) is 1. The van der Waals surface area contributed by atoms with Gasteiger partial charge in [-0.05, 0) is 48.7 Å². The van der Waals surface area contributed by atoms with Gasteiger partial charge in [0, 0.05) is 37.2 Å². The van der Waals surface area contributed by atoms with E-state index in [-0.39, 0.29) is 4.90 Å². The molecule has 2 aromatic rings. The Hall–Kier alpha value is -1.92. The number of rotatable bonds is 6. The van der Waals surface area contributed by atoms with Crippen LogP contribution in [0.4, 0.5) is 5.69 Å². The van der Waals surface area contributed by atoms with Gasteiger partial charge in [0.05, 0.1) is 4.90 Å². The van der Waals surface area contributed by atoms with Crippen LogP contribution < -0.4 is 10.0 Å². The van der Waals surface area contributed by atoms with Gasteiger partial charge in [-0.15, -0.1) is 0 Å². The molecule has 0 fully saturated rings. The van der Waals surface area contributed by atoms with Crippen LogP contribution in [0.3, 0.4) is 0 Å². The number of aromatic nitrogens is 1. The minimum absolute atomic E-state index is 0.155. The second-order valence-electron chi connectivity index (χ2n) is 5.71. The van der Waals surface area contributed by atoms with E-state index in [1.807, 2.05) is 20.0 Å². The minimum atomic E-state index is -3.83. The Balaban J connectivity index is 2.72. The number of nitrogens with zero attached hydrogens (tertiary/aromatic N) is 2. The molecular formula is C17H23N3O2S. The van der Waals surface area contributed by atoms with E-state index < -0.39 is 10.0 Å². The fraction of sp³-hybridized carbons (Fsp3) is 0.353. The highest BCUT2D eigenvalue weighted by Crippen LogP contribution is 2.36. The molecule has 1 heterocycles. The van der Waals surface area contributed by atoms with Gasteiger partial charge >= 0.3 is 0 Å². The lowest BCUT2D eigenvalue weighted by Crippen LogP contribution is -2.21. The summed E-state index contributed by atoms with van der Waals surface area (Å²) in [5.74, 6) is 0. The maximum absolute atomic E-state index is 12.1. The van der Waals surface area contributed by atoms with Crippen molar-refractivity contribution in [2.75, 3.05) is 18.5 Å². The van der Waals surface area contributed by atoms with Crippen molar-refractivity contribution in [3.8, 4) is 11.1 Å². The summed E-state index contributed by atoms with van der Waals surface area (Å²) in [4.78, 5) is 6.25. The molecule has 0 aliphatic heterocycles. The predicted octanol–water partition coefficient (Wildman–Crippen LogP) is 2.94. The number of primary sulfonamides is 1. The van der Waals surface area contributed by atoms with Gasteiger partial charge in [0.15, 0.2) is 0 Å². The van der Waals surface area contributed by atoms with Crippen molar-refractivity contribution in [2.45, 2.75) is 31.6 Å². The van der Waals surface area contributed by atoms with Crippen LogP contribution in [0.25, 0.3) is 11.1 Å². The van der Waals surface area contributed by atoms with E-state index in [0.717, 1.165) is 36.2 Å². The highest BCUT2D eigenvalue weighted by molar-refractivity contribution is 7.89. The van der Waals surface area contributed by atoms with Crippen molar-refractivity contribution in [1.29, 1.82) is 0 Å². The van der Waals surface area contributed by atoms with Gasteiger partial charge in [-0.3, -0.25) is 4.98 Å². The molecule has 1 aromatic carbocycles. The zero-order chi connectivity index (χ0) is 17.0. The summed E-state index contributed by atoms with van der Waals surface area (Å²) in [6.07, 6.45) is 5.41. The lowest BCUT2D eigenvalue weighted by atomic mass is 10.0. The molecule has 6 heteroatoms. The second-order valence-corrected chi connectivity index (χ2v) is 7.24. The highest BCUT2D eigenvalue weighted by Gasteiger charge is 2.21. The first kappa shape index (κ1) is 17.4. The first-order valence-electron chi connectivity index (χ1n) is 7.63. The van der Waals surface area contributed by atoms with E-state index in [4.69, 9.17) is 5.14 Å². The SMILES string of the molecule is CCCCN(C)c1cc(C)cc(S(N)(=O)=O)c1-c1ccncc1. The van der Waals surface area contributed by atoms with Crippen molar-refractivity contribution < 1.29 is 8.42 Å². The Morgan fingerprint density at radius 2 is 1.87 bits per heavy atom. The Morgan fingerprint density at radius 3 is 2.43 bits per heavy atom. The number of hydrogen-bond donors (Lipinski definition) is 1. The van der Waals surface area contributed by atoms with Crippen LogP contribution in [0.1, 0.15) is 25.3 Å². The lowest BCUT2D eigenvalue weighted by molar-refractivity contribution is 0.598. The maximum Gasteiger partial charge on any atom is 0.238 e. The molecule has 0 saturated heterocycles. The monoisotopic (exact) mass is 333 g/mol. The van der Waals surface area contributed by atoms with E-state index in [1.54, 1.807) is 30.6 Å². The molecule has 2 N–H and O–H groups in total. The molecule has 0 saturated carbocycles. The topological polar surface area (TPSA) is 76.3 Å². The molecule has 0 spiro atoms. The molecule has 0 amide bonds. The van der Waals surface area contributed by atoms with E-state index in [1.165, 1.54) is 0 Å². The highest BCUT2D eigenvalue weighted by atomic mass is 32.2. The van der Waals surface area contributed by atoms with E-state index in [2.05, 4.69) is 16.8 Å². The molecule has 0 aliphatic carbocycles. The molecule has 5 nitrogen and oxygen atoms in total. The van der Waals surface area contributed by atoms with Crippen molar-refractivity contribution >= 4 is 15.7 Å².